The van der Waals surface area contributed by atoms with E-state index in [4.69, 9.17) is 4.42 Å². The van der Waals surface area contributed by atoms with Crippen LogP contribution in [0.3, 0.4) is 0 Å². The Morgan fingerprint density at radius 1 is 1.19 bits per heavy atom. The molecule has 4 rings (SSSR count). The van der Waals surface area contributed by atoms with E-state index >= 15 is 0 Å². The number of aromatic amines is 1. The second kappa shape index (κ2) is 7.50. The fourth-order valence-corrected chi connectivity index (χ4v) is 3.37. The highest BCUT2D eigenvalue weighted by molar-refractivity contribution is 7.99. The number of carbonyl (C=O) groups excluding carboxylic acids is 1. The average Bonchev–Trinajstić information content (AvgIpc) is 3.34. The van der Waals surface area contributed by atoms with Gasteiger partial charge in [0, 0.05) is 6.07 Å². The van der Waals surface area contributed by atoms with Gasteiger partial charge in [0.15, 0.2) is 5.16 Å². The number of aromatic nitrogens is 4. The Balaban J connectivity index is 1.55. The molecule has 3 aromatic heterocycles. The predicted molar refractivity (Wildman–Crippen MR) is 100 cm³/mol. The third-order valence-corrected chi connectivity index (χ3v) is 4.75. The van der Waals surface area contributed by atoms with Gasteiger partial charge in [0.05, 0.1) is 24.3 Å². The zero-order chi connectivity index (χ0) is 18.6. The summed E-state index contributed by atoms with van der Waals surface area (Å²) in [6.07, 6.45) is 1.56. The molecular weight excluding hydrogens is 366 g/mol. The normalized spacial score (nSPS) is 11.0. The summed E-state index contributed by atoms with van der Waals surface area (Å²) in [7, 11) is 0. The Kier molecular flexibility index (Phi) is 4.75. The molecule has 0 unspecified atom stereocenters. The minimum atomic E-state index is -0.263. The summed E-state index contributed by atoms with van der Waals surface area (Å²) in [6.45, 7) is 0.329. The Hall–Kier alpha value is -3.33. The summed E-state index contributed by atoms with van der Waals surface area (Å²) >= 11 is 1.24. The lowest BCUT2D eigenvalue weighted by Crippen LogP contribution is -2.24. The van der Waals surface area contributed by atoms with Crippen LogP contribution in [0.4, 0.5) is 0 Å². The SMILES string of the molecule is O=C(CSc1nnc2[nH]c(=O)cc(-c3ccccc3)n12)NCc1ccco1. The highest BCUT2D eigenvalue weighted by Crippen LogP contribution is 2.23. The number of H-pyrrole nitrogens is 1. The summed E-state index contributed by atoms with van der Waals surface area (Å²) in [4.78, 5) is 26.7. The van der Waals surface area contributed by atoms with Crippen molar-refractivity contribution in [3.05, 3.63) is 70.9 Å². The summed E-state index contributed by atoms with van der Waals surface area (Å²) in [5.41, 5.74) is 1.26. The molecule has 0 aliphatic heterocycles. The van der Waals surface area contributed by atoms with Gasteiger partial charge in [-0.05, 0) is 17.7 Å². The molecule has 4 aromatic rings. The maximum atomic E-state index is 12.1. The van der Waals surface area contributed by atoms with E-state index in [1.807, 2.05) is 30.3 Å². The van der Waals surface area contributed by atoms with Crippen LogP contribution in [0.5, 0.6) is 0 Å². The molecule has 136 valence electrons. The van der Waals surface area contributed by atoms with Crippen LogP contribution in [0.25, 0.3) is 17.0 Å². The molecule has 0 radical (unpaired) electrons. The molecule has 3 heterocycles. The molecule has 27 heavy (non-hydrogen) atoms. The third-order valence-electron chi connectivity index (χ3n) is 3.82. The van der Waals surface area contributed by atoms with Gasteiger partial charge in [-0.3, -0.25) is 19.0 Å². The van der Waals surface area contributed by atoms with Crippen molar-refractivity contribution in [1.82, 2.24) is 24.9 Å². The quantitative estimate of drug-likeness (QED) is 0.496. The van der Waals surface area contributed by atoms with Crippen molar-refractivity contribution in [2.24, 2.45) is 0 Å². The Morgan fingerprint density at radius 2 is 2.04 bits per heavy atom. The number of rotatable bonds is 6. The van der Waals surface area contributed by atoms with Crippen LogP contribution in [0.2, 0.25) is 0 Å². The van der Waals surface area contributed by atoms with E-state index in [1.165, 1.54) is 17.8 Å². The lowest BCUT2D eigenvalue weighted by Gasteiger charge is -2.07. The molecule has 0 atom stereocenters. The lowest BCUT2D eigenvalue weighted by atomic mass is 10.1. The highest BCUT2D eigenvalue weighted by atomic mass is 32.2. The Labute approximate surface area is 157 Å². The van der Waals surface area contributed by atoms with E-state index in [1.54, 1.807) is 22.8 Å². The first-order valence-corrected chi connectivity index (χ1v) is 9.15. The molecule has 9 heteroatoms. The van der Waals surface area contributed by atoms with E-state index in [9.17, 15) is 9.59 Å². The number of thioether (sulfide) groups is 1. The van der Waals surface area contributed by atoms with E-state index in [0.717, 1.165) is 5.56 Å². The number of benzene rings is 1. The van der Waals surface area contributed by atoms with Crippen LogP contribution in [0, 0.1) is 0 Å². The van der Waals surface area contributed by atoms with Crippen LogP contribution in [0.15, 0.2) is 69.2 Å². The fourth-order valence-electron chi connectivity index (χ4n) is 2.60. The summed E-state index contributed by atoms with van der Waals surface area (Å²) < 4.78 is 6.92. The minimum Gasteiger partial charge on any atom is -0.467 e. The zero-order valence-corrected chi connectivity index (χ0v) is 14.9. The molecular formula is C18H15N5O3S. The fraction of sp³-hybridized carbons (Fsp3) is 0.111. The third kappa shape index (κ3) is 3.77. The number of nitrogens with zero attached hydrogens (tertiary/aromatic N) is 3. The largest absolute Gasteiger partial charge is 0.467 e. The molecule has 0 aliphatic carbocycles. The topological polar surface area (TPSA) is 105 Å². The van der Waals surface area contributed by atoms with Crippen molar-refractivity contribution in [1.29, 1.82) is 0 Å². The van der Waals surface area contributed by atoms with Crippen LogP contribution in [-0.4, -0.2) is 31.2 Å². The van der Waals surface area contributed by atoms with Crippen molar-refractivity contribution < 1.29 is 9.21 Å². The maximum Gasteiger partial charge on any atom is 0.252 e. The van der Waals surface area contributed by atoms with Gasteiger partial charge in [-0.1, -0.05) is 42.1 Å². The van der Waals surface area contributed by atoms with Crippen molar-refractivity contribution in [3.8, 4) is 11.3 Å². The predicted octanol–water partition coefficient (Wildman–Crippen LogP) is 2.09. The molecule has 8 nitrogen and oxygen atoms in total. The number of fused-ring (bicyclic) bond motifs is 1. The molecule has 1 amide bonds. The van der Waals surface area contributed by atoms with Gasteiger partial charge in [0.1, 0.15) is 5.76 Å². The molecule has 0 saturated carbocycles. The molecule has 0 saturated heterocycles. The summed E-state index contributed by atoms with van der Waals surface area (Å²) in [5, 5.41) is 11.4. The highest BCUT2D eigenvalue weighted by Gasteiger charge is 2.14. The van der Waals surface area contributed by atoms with Crippen LogP contribution >= 0.6 is 11.8 Å². The van der Waals surface area contributed by atoms with Gasteiger partial charge in [-0.2, -0.15) is 0 Å². The van der Waals surface area contributed by atoms with Crippen molar-refractivity contribution >= 4 is 23.4 Å². The zero-order valence-electron chi connectivity index (χ0n) is 14.1. The lowest BCUT2D eigenvalue weighted by molar-refractivity contribution is -0.118. The van der Waals surface area contributed by atoms with Crippen LogP contribution < -0.4 is 10.9 Å². The maximum absolute atomic E-state index is 12.1. The first kappa shape index (κ1) is 17.1. The van der Waals surface area contributed by atoms with Gasteiger partial charge < -0.3 is 9.73 Å². The number of nitrogens with one attached hydrogen (secondary N) is 2. The first-order valence-electron chi connectivity index (χ1n) is 8.16. The smallest absolute Gasteiger partial charge is 0.252 e. The molecule has 0 bridgehead atoms. The monoisotopic (exact) mass is 381 g/mol. The molecule has 1 aromatic carbocycles. The standard InChI is InChI=1S/C18H15N5O3S/c24-15-9-14(12-5-2-1-3-6-12)23-17(20-15)21-22-18(23)27-11-16(25)19-10-13-7-4-8-26-13/h1-9H,10-11H2,(H,19,25)(H,20,21,24). The van der Waals surface area contributed by atoms with Crippen molar-refractivity contribution in [2.75, 3.05) is 5.75 Å². The number of furan rings is 1. The first-order chi connectivity index (χ1) is 13.2. The van der Waals surface area contributed by atoms with Crippen LogP contribution in [0.1, 0.15) is 5.76 Å². The van der Waals surface area contributed by atoms with E-state index in [0.29, 0.717) is 28.9 Å². The van der Waals surface area contributed by atoms with Crippen LogP contribution in [-0.2, 0) is 11.3 Å². The van der Waals surface area contributed by atoms with Crippen molar-refractivity contribution in [3.63, 3.8) is 0 Å². The Morgan fingerprint density at radius 3 is 2.81 bits per heavy atom. The summed E-state index contributed by atoms with van der Waals surface area (Å²) in [6, 6.07) is 14.5. The van der Waals surface area contributed by atoms with Gasteiger partial charge in [-0.25, -0.2) is 0 Å². The van der Waals surface area contributed by atoms with Gasteiger partial charge in [0.25, 0.3) is 5.56 Å². The molecule has 0 fully saturated rings. The number of carbonyl (C=O) groups is 1. The molecule has 0 spiro atoms. The minimum absolute atomic E-state index is 0.154. The second-order valence-corrected chi connectivity index (χ2v) is 6.61. The van der Waals surface area contributed by atoms with E-state index in [-0.39, 0.29) is 17.2 Å². The summed E-state index contributed by atoms with van der Waals surface area (Å²) in [5.74, 6) is 1.03. The second-order valence-electron chi connectivity index (χ2n) is 5.67. The van der Waals surface area contributed by atoms with Gasteiger partial charge in [0.2, 0.25) is 11.7 Å². The molecule has 2 N–H and O–H groups in total. The number of hydrogen-bond acceptors (Lipinski definition) is 6. The van der Waals surface area contributed by atoms with Gasteiger partial charge >= 0.3 is 0 Å². The van der Waals surface area contributed by atoms with Gasteiger partial charge in [-0.15, -0.1) is 10.2 Å². The van der Waals surface area contributed by atoms with E-state index in [2.05, 4.69) is 20.5 Å². The average molecular weight is 381 g/mol. The van der Waals surface area contributed by atoms with Crippen molar-refractivity contribution in [2.45, 2.75) is 11.7 Å². The number of amides is 1. The Bertz CT molecular complexity index is 1120. The van der Waals surface area contributed by atoms with E-state index < -0.39 is 0 Å². The molecule has 0 aliphatic rings. The number of hydrogen-bond donors (Lipinski definition) is 2.